The van der Waals surface area contributed by atoms with E-state index in [1.54, 1.807) is 0 Å². The van der Waals surface area contributed by atoms with E-state index in [0.717, 1.165) is 6.54 Å². The number of para-hydroxylation sites is 1. The van der Waals surface area contributed by atoms with Crippen LogP contribution in [-0.4, -0.2) is 24.1 Å². The van der Waals surface area contributed by atoms with Crippen LogP contribution in [0.3, 0.4) is 0 Å². The van der Waals surface area contributed by atoms with Crippen LogP contribution < -0.4 is 4.90 Å². The van der Waals surface area contributed by atoms with E-state index in [4.69, 9.17) is 11.6 Å². The Labute approximate surface area is 101 Å². The van der Waals surface area contributed by atoms with Gasteiger partial charge < -0.3 is 4.90 Å². The predicted octanol–water partition coefficient (Wildman–Crippen LogP) is 3.37. The molecule has 1 aromatic carbocycles. The van der Waals surface area contributed by atoms with Crippen molar-refractivity contribution in [2.24, 2.45) is 0 Å². The molecule has 1 heterocycles. The molecule has 2 rings (SSSR count). The highest BCUT2D eigenvalue weighted by Crippen LogP contribution is 2.27. The van der Waals surface area contributed by atoms with Gasteiger partial charge in [-0.1, -0.05) is 18.2 Å². The van der Waals surface area contributed by atoms with Crippen LogP contribution in [-0.2, 0) is 5.88 Å². The lowest BCUT2D eigenvalue weighted by Gasteiger charge is -2.36. The fourth-order valence-corrected chi connectivity index (χ4v) is 3.23. The number of benzene rings is 1. The van der Waals surface area contributed by atoms with Gasteiger partial charge in [-0.05, 0) is 18.6 Å². The van der Waals surface area contributed by atoms with Gasteiger partial charge in [-0.3, -0.25) is 0 Å². The van der Waals surface area contributed by atoms with Crippen LogP contribution in [0.5, 0.6) is 0 Å². The molecular formula is C12H16ClNS. The molecule has 1 aliphatic heterocycles. The Morgan fingerprint density at radius 1 is 1.47 bits per heavy atom. The average Bonchev–Trinajstić information content (AvgIpc) is 2.30. The second-order valence-corrected chi connectivity index (χ2v) is 5.30. The van der Waals surface area contributed by atoms with Gasteiger partial charge in [-0.2, -0.15) is 11.8 Å². The molecule has 1 atom stereocenters. The molecule has 0 aliphatic carbocycles. The minimum atomic E-state index is 0.604. The number of alkyl halides is 1. The van der Waals surface area contributed by atoms with E-state index >= 15 is 0 Å². The summed E-state index contributed by atoms with van der Waals surface area (Å²) >= 11 is 8.01. The van der Waals surface area contributed by atoms with Crippen LogP contribution in [0.4, 0.5) is 5.69 Å². The maximum Gasteiger partial charge on any atom is 0.0494 e. The van der Waals surface area contributed by atoms with Gasteiger partial charge in [0.15, 0.2) is 0 Å². The molecule has 15 heavy (non-hydrogen) atoms. The van der Waals surface area contributed by atoms with Crippen LogP contribution in [0.25, 0.3) is 0 Å². The summed E-state index contributed by atoms with van der Waals surface area (Å²) in [4.78, 5) is 2.48. The molecule has 1 aromatic rings. The van der Waals surface area contributed by atoms with Crippen molar-refractivity contribution in [3.8, 4) is 0 Å². The zero-order valence-electron chi connectivity index (χ0n) is 8.95. The summed E-state index contributed by atoms with van der Waals surface area (Å²) in [5.41, 5.74) is 2.57. The Bertz CT molecular complexity index is 329. The Kier molecular flexibility index (Phi) is 3.81. The Morgan fingerprint density at radius 3 is 3.00 bits per heavy atom. The van der Waals surface area contributed by atoms with Crippen molar-refractivity contribution in [2.45, 2.75) is 18.8 Å². The number of anilines is 1. The monoisotopic (exact) mass is 241 g/mol. The average molecular weight is 242 g/mol. The van der Waals surface area contributed by atoms with Crippen molar-refractivity contribution in [2.75, 3.05) is 23.0 Å². The standard InChI is InChI=1S/C12H16ClNS/c1-10-9-15-7-6-14(10)12-5-3-2-4-11(12)8-13/h2-5,10H,6-9H2,1H3. The van der Waals surface area contributed by atoms with Crippen molar-refractivity contribution in [3.05, 3.63) is 29.8 Å². The highest BCUT2D eigenvalue weighted by Gasteiger charge is 2.20. The fourth-order valence-electron chi connectivity index (χ4n) is 1.99. The lowest BCUT2D eigenvalue weighted by atomic mass is 10.1. The Morgan fingerprint density at radius 2 is 2.27 bits per heavy atom. The molecule has 1 unspecified atom stereocenters. The minimum Gasteiger partial charge on any atom is -0.367 e. The van der Waals surface area contributed by atoms with E-state index in [9.17, 15) is 0 Å². The predicted molar refractivity (Wildman–Crippen MR) is 70.1 cm³/mol. The lowest BCUT2D eigenvalue weighted by Crippen LogP contribution is -2.40. The molecular weight excluding hydrogens is 226 g/mol. The summed E-state index contributed by atoms with van der Waals surface area (Å²) in [6.07, 6.45) is 0. The van der Waals surface area contributed by atoms with E-state index in [2.05, 4.69) is 36.1 Å². The van der Waals surface area contributed by atoms with Crippen molar-refractivity contribution >= 4 is 29.1 Å². The van der Waals surface area contributed by atoms with E-state index in [1.807, 2.05) is 11.8 Å². The van der Waals surface area contributed by atoms with E-state index in [-0.39, 0.29) is 0 Å². The number of hydrogen-bond donors (Lipinski definition) is 0. The third kappa shape index (κ3) is 2.43. The zero-order valence-corrected chi connectivity index (χ0v) is 10.5. The summed E-state index contributed by atoms with van der Waals surface area (Å²) in [5.74, 6) is 3.05. The van der Waals surface area contributed by atoms with E-state index in [1.165, 1.54) is 22.8 Å². The van der Waals surface area contributed by atoms with Gasteiger partial charge in [-0.15, -0.1) is 11.6 Å². The van der Waals surface area contributed by atoms with Gasteiger partial charge in [0.1, 0.15) is 0 Å². The summed E-state index contributed by atoms with van der Waals surface area (Å²) in [6.45, 7) is 3.43. The summed E-state index contributed by atoms with van der Waals surface area (Å²) in [6, 6.07) is 9.08. The molecule has 0 spiro atoms. The number of rotatable bonds is 2. The van der Waals surface area contributed by atoms with E-state index < -0.39 is 0 Å². The molecule has 3 heteroatoms. The van der Waals surface area contributed by atoms with Crippen LogP contribution in [0.1, 0.15) is 12.5 Å². The first-order chi connectivity index (χ1) is 7.33. The molecule has 0 radical (unpaired) electrons. The first-order valence-corrected chi connectivity index (χ1v) is 7.00. The Balaban J connectivity index is 2.26. The van der Waals surface area contributed by atoms with Gasteiger partial charge >= 0.3 is 0 Å². The highest BCUT2D eigenvalue weighted by molar-refractivity contribution is 7.99. The van der Waals surface area contributed by atoms with Crippen LogP contribution in [0.2, 0.25) is 0 Å². The SMILES string of the molecule is CC1CSCCN1c1ccccc1CCl. The molecule has 82 valence electrons. The summed E-state index contributed by atoms with van der Waals surface area (Å²) in [7, 11) is 0. The van der Waals surface area contributed by atoms with Crippen molar-refractivity contribution < 1.29 is 0 Å². The maximum absolute atomic E-state index is 5.97. The quantitative estimate of drug-likeness (QED) is 0.731. The number of thioether (sulfide) groups is 1. The van der Waals surface area contributed by atoms with Crippen LogP contribution >= 0.6 is 23.4 Å². The first-order valence-electron chi connectivity index (χ1n) is 5.31. The topological polar surface area (TPSA) is 3.24 Å². The second-order valence-electron chi connectivity index (χ2n) is 3.88. The van der Waals surface area contributed by atoms with Gasteiger partial charge in [0, 0.05) is 35.7 Å². The normalized spacial score (nSPS) is 21.7. The molecule has 1 aliphatic rings. The summed E-state index contributed by atoms with van der Waals surface area (Å²) in [5, 5.41) is 0. The Hall–Kier alpha value is -0.340. The largest absolute Gasteiger partial charge is 0.367 e. The molecule has 0 saturated carbocycles. The molecule has 1 saturated heterocycles. The summed E-state index contributed by atoms with van der Waals surface area (Å²) < 4.78 is 0. The highest BCUT2D eigenvalue weighted by atomic mass is 35.5. The zero-order chi connectivity index (χ0) is 10.7. The van der Waals surface area contributed by atoms with Gasteiger partial charge in [0.2, 0.25) is 0 Å². The molecule has 0 amide bonds. The third-order valence-corrected chi connectivity index (χ3v) is 4.29. The number of hydrogen-bond acceptors (Lipinski definition) is 2. The maximum atomic E-state index is 5.97. The molecule has 1 nitrogen and oxygen atoms in total. The smallest absolute Gasteiger partial charge is 0.0494 e. The number of nitrogens with zero attached hydrogens (tertiary/aromatic N) is 1. The fraction of sp³-hybridized carbons (Fsp3) is 0.500. The number of halogens is 1. The van der Waals surface area contributed by atoms with Crippen molar-refractivity contribution in [1.29, 1.82) is 0 Å². The molecule has 1 fully saturated rings. The van der Waals surface area contributed by atoms with Crippen molar-refractivity contribution in [3.63, 3.8) is 0 Å². The molecule has 0 aromatic heterocycles. The first kappa shape index (κ1) is 11.2. The van der Waals surface area contributed by atoms with Gasteiger partial charge in [0.25, 0.3) is 0 Å². The van der Waals surface area contributed by atoms with Crippen LogP contribution in [0.15, 0.2) is 24.3 Å². The van der Waals surface area contributed by atoms with Crippen molar-refractivity contribution in [1.82, 2.24) is 0 Å². The lowest BCUT2D eigenvalue weighted by molar-refractivity contribution is 0.697. The molecule has 0 N–H and O–H groups in total. The van der Waals surface area contributed by atoms with E-state index in [0.29, 0.717) is 11.9 Å². The van der Waals surface area contributed by atoms with Gasteiger partial charge in [-0.25, -0.2) is 0 Å². The molecule has 0 bridgehead atoms. The minimum absolute atomic E-state index is 0.604. The van der Waals surface area contributed by atoms with Gasteiger partial charge in [0.05, 0.1) is 0 Å². The van der Waals surface area contributed by atoms with Crippen LogP contribution in [0, 0.1) is 0 Å². The third-order valence-electron chi connectivity index (χ3n) is 2.81. The second kappa shape index (κ2) is 5.13.